The van der Waals surface area contributed by atoms with Gasteiger partial charge in [-0.05, 0) is 26.0 Å². The first kappa shape index (κ1) is 14.1. The molecular weight excluding hydrogens is 254 g/mol. The molecule has 0 aliphatic rings. The largest absolute Gasteiger partial charge is 0.493 e. The van der Waals surface area contributed by atoms with Crippen LogP contribution >= 0.6 is 0 Å². The number of nitrogens with one attached hydrogen (secondary N) is 1. The Morgan fingerprint density at radius 3 is 2.65 bits per heavy atom. The summed E-state index contributed by atoms with van der Waals surface area (Å²) in [4.78, 5) is 8.34. The molecule has 20 heavy (non-hydrogen) atoms. The Labute approximate surface area is 119 Å². The summed E-state index contributed by atoms with van der Waals surface area (Å²) in [7, 11) is 1.88. The fourth-order valence-corrected chi connectivity index (χ4v) is 1.92. The number of aromatic nitrogens is 2. The molecule has 0 aliphatic heterocycles. The zero-order valence-electron chi connectivity index (χ0n) is 12.0. The predicted octanol–water partition coefficient (Wildman–Crippen LogP) is 2.80. The molecule has 2 aromatic rings. The van der Waals surface area contributed by atoms with Gasteiger partial charge in [0.25, 0.3) is 0 Å². The molecule has 0 unspecified atom stereocenters. The minimum atomic E-state index is 0.381. The van der Waals surface area contributed by atoms with Crippen LogP contribution in [0.2, 0.25) is 0 Å². The van der Waals surface area contributed by atoms with Gasteiger partial charge in [-0.2, -0.15) is 0 Å². The van der Waals surface area contributed by atoms with Gasteiger partial charge in [0.05, 0.1) is 17.9 Å². The Kier molecular flexibility index (Phi) is 4.76. The summed E-state index contributed by atoms with van der Waals surface area (Å²) in [5.74, 6) is 1.36. The normalized spacial score (nSPS) is 10.2. The average molecular weight is 273 g/mol. The molecule has 106 valence electrons. The first-order chi connectivity index (χ1) is 9.76. The molecular formula is C15H19N3O2. The second-order valence-electron chi connectivity index (χ2n) is 4.20. The number of nitrogens with zero attached hydrogens (tertiary/aromatic N) is 2. The highest BCUT2D eigenvalue weighted by atomic mass is 16.5. The SMILES string of the molecule is CCOc1cccc(NC)c1COc1nccnc1C. The van der Waals surface area contributed by atoms with Crippen LogP contribution in [0.5, 0.6) is 11.6 Å². The van der Waals surface area contributed by atoms with E-state index in [1.807, 2.05) is 39.1 Å². The van der Waals surface area contributed by atoms with E-state index < -0.39 is 0 Å². The van der Waals surface area contributed by atoms with Crippen molar-refractivity contribution in [3.63, 3.8) is 0 Å². The summed E-state index contributed by atoms with van der Waals surface area (Å²) < 4.78 is 11.4. The van der Waals surface area contributed by atoms with Gasteiger partial charge in [0.1, 0.15) is 12.4 Å². The van der Waals surface area contributed by atoms with E-state index in [0.29, 0.717) is 19.1 Å². The van der Waals surface area contributed by atoms with Crippen molar-refractivity contribution in [1.82, 2.24) is 9.97 Å². The van der Waals surface area contributed by atoms with Crippen LogP contribution in [-0.4, -0.2) is 23.6 Å². The molecule has 0 amide bonds. The molecule has 1 heterocycles. The van der Waals surface area contributed by atoms with Gasteiger partial charge in [-0.1, -0.05) is 6.07 Å². The van der Waals surface area contributed by atoms with Crippen molar-refractivity contribution in [1.29, 1.82) is 0 Å². The van der Waals surface area contributed by atoms with Gasteiger partial charge >= 0.3 is 0 Å². The van der Waals surface area contributed by atoms with E-state index in [0.717, 1.165) is 22.7 Å². The Bertz CT molecular complexity index is 573. The summed E-state index contributed by atoms with van der Waals surface area (Å²) >= 11 is 0. The van der Waals surface area contributed by atoms with Crippen molar-refractivity contribution in [2.45, 2.75) is 20.5 Å². The third kappa shape index (κ3) is 3.17. The molecule has 5 heteroatoms. The number of benzene rings is 1. The number of hydrogen-bond donors (Lipinski definition) is 1. The van der Waals surface area contributed by atoms with Crippen LogP contribution < -0.4 is 14.8 Å². The Hall–Kier alpha value is -2.30. The molecule has 1 aromatic carbocycles. The van der Waals surface area contributed by atoms with Crippen molar-refractivity contribution >= 4 is 5.69 Å². The molecule has 5 nitrogen and oxygen atoms in total. The van der Waals surface area contributed by atoms with Crippen LogP contribution in [-0.2, 0) is 6.61 Å². The third-order valence-corrected chi connectivity index (χ3v) is 2.89. The Balaban J connectivity index is 2.21. The molecule has 0 bridgehead atoms. The molecule has 0 spiro atoms. The van der Waals surface area contributed by atoms with E-state index in [2.05, 4.69) is 15.3 Å². The topological polar surface area (TPSA) is 56.3 Å². The van der Waals surface area contributed by atoms with Crippen molar-refractivity contribution in [3.05, 3.63) is 41.9 Å². The lowest BCUT2D eigenvalue weighted by atomic mass is 10.1. The summed E-state index contributed by atoms with van der Waals surface area (Å²) in [6, 6.07) is 5.88. The predicted molar refractivity (Wildman–Crippen MR) is 78.3 cm³/mol. The quantitative estimate of drug-likeness (QED) is 0.877. The number of aryl methyl sites for hydroxylation is 1. The molecule has 0 aliphatic carbocycles. The maximum atomic E-state index is 5.76. The number of ether oxygens (including phenoxy) is 2. The van der Waals surface area contributed by atoms with E-state index in [1.165, 1.54) is 0 Å². The average Bonchev–Trinajstić information content (AvgIpc) is 2.47. The maximum Gasteiger partial charge on any atom is 0.235 e. The molecule has 2 rings (SSSR count). The lowest BCUT2D eigenvalue weighted by Crippen LogP contribution is -2.06. The Morgan fingerprint density at radius 1 is 1.15 bits per heavy atom. The van der Waals surface area contributed by atoms with Crippen LogP contribution in [0.25, 0.3) is 0 Å². The van der Waals surface area contributed by atoms with E-state index >= 15 is 0 Å². The van der Waals surface area contributed by atoms with Crippen molar-refractivity contribution in [2.75, 3.05) is 19.0 Å². The van der Waals surface area contributed by atoms with Crippen LogP contribution in [0, 0.1) is 6.92 Å². The number of anilines is 1. The summed E-state index contributed by atoms with van der Waals surface area (Å²) in [5.41, 5.74) is 2.73. The summed E-state index contributed by atoms with van der Waals surface area (Å²) in [6.45, 7) is 4.83. The molecule has 0 atom stereocenters. The first-order valence-electron chi connectivity index (χ1n) is 6.59. The van der Waals surface area contributed by atoms with Gasteiger partial charge in [0.15, 0.2) is 0 Å². The molecule has 1 N–H and O–H groups in total. The van der Waals surface area contributed by atoms with E-state index in [9.17, 15) is 0 Å². The molecule has 0 radical (unpaired) electrons. The van der Waals surface area contributed by atoms with Gasteiger partial charge in [-0.15, -0.1) is 0 Å². The van der Waals surface area contributed by atoms with Gasteiger partial charge in [0, 0.05) is 25.1 Å². The van der Waals surface area contributed by atoms with Gasteiger partial charge in [-0.25, -0.2) is 4.98 Å². The highest BCUT2D eigenvalue weighted by Crippen LogP contribution is 2.28. The van der Waals surface area contributed by atoms with E-state index in [4.69, 9.17) is 9.47 Å². The fourth-order valence-electron chi connectivity index (χ4n) is 1.92. The monoisotopic (exact) mass is 273 g/mol. The van der Waals surface area contributed by atoms with Crippen molar-refractivity contribution in [3.8, 4) is 11.6 Å². The lowest BCUT2D eigenvalue weighted by molar-refractivity contribution is 0.275. The van der Waals surface area contributed by atoms with Crippen LogP contribution in [0.3, 0.4) is 0 Å². The van der Waals surface area contributed by atoms with Gasteiger partial charge < -0.3 is 14.8 Å². The zero-order valence-corrected chi connectivity index (χ0v) is 12.0. The number of hydrogen-bond acceptors (Lipinski definition) is 5. The lowest BCUT2D eigenvalue weighted by Gasteiger charge is -2.15. The van der Waals surface area contributed by atoms with E-state index in [-0.39, 0.29) is 0 Å². The number of rotatable bonds is 6. The molecule has 1 aromatic heterocycles. The highest BCUT2D eigenvalue weighted by Gasteiger charge is 2.11. The second-order valence-corrected chi connectivity index (χ2v) is 4.20. The first-order valence-corrected chi connectivity index (χ1v) is 6.59. The van der Waals surface area contributed by atoms with Crippen LogP contribution in [0.4, 0.5) is 5.69 Å². The van der Waals surface area contributed by atoms with Crippen molar-refractivity contribution < 1.29 is 9.47 Å². The van der Waals surface area contributed by atoms with Crippen LogP contribution in [0.1, 0.15) is 18.2 Å². The second kappa shape index (κ2) is 6.75. The van der Waals surface area contributed by atoms with Gasteiger partial charge in [-0.3, -0.25) is 4.98 Å². The smallest absolute Gasteiger partial charge is 0.235 e. The van der Waals surface area contributed by atoms with Gasteiger partial charge in [0.2, 0.25) is 5.88 Å². The van der Waals surface area contributed by atoms with E-state index in [1.54, 1.807) is 12.4 Å². The summed E-state index contributed by atoms with van der Waals surface area (Å²) in [6.07, 6.45) is 3.27. The summed E-state index contributed by atoms with van der Waals surface area (Å²) in [5, 5.41) is 3.15. The fraction of sp³-hybridized carbons (Fsp3) is 0.333. The standard InChI is InChI=1S/C15H19N3O2/c1-4-19-14-7-5-6-13(16-3)12(14)10-20-15-11(2)17-8-9-18-15/h5-9,16H,4,10H2,1-3H3. The minimum Gasteiger partial charge on any atom is -0.493 e. The van der Waals surface area contributed by atoms with Crippen molar-refractivity contribution in [2.24, 2.45) is 0 Å². The molecule has 0 fully saturated rings. The third-order valence-electron chi connectivity index (χ3n) is 2.89. The maximum absolute atomic E-state index is 5.76. The molecule has 0 saturated heterocycles. The highest BCUT2D eigenvalue weighted by molar-refractivity contribution is 5.57. The Morgan fingerprint density at radius 2 is 1.95 bits per heavy atom. The molecule has 0 saturated carbocycles. The minimum absolute atomic E-state index is 0.381. The van der Waals surface area contributed by atoms with Crippen LogP contribution in [0.15, 0.2) is 30.6 Å². The zero-order chi connectivity index (χ0) is 14.4.